The molecule has 0 aromatic rings. The van der Waals surface area contributed by atoms with Gasteiger partial charge in [-0.15, -0.1) is 0 Å². The van der Waals surface area contributed by atoms with Crippen molar-refractivity contribution in [3.05, 3.63) is 0 Å². The van der Waals surface area contributed by atoms with E-state index in [2.05, 4.69) is 33.9 Å². The van der Waals surface area contributed by atoms with Crippen LogP contribution in [0.3, 0.4) is 0 Å². The van der Waals surface area contributed by atoms with E-state index in [4.69, 9.17) is 4.55 Å². The van der Waals surface area contributed by atoms with Crippen molar-refractivity contribution in [2.75, 3.05) is 5.75 Å². The first-order valence-electron chi connectivity index (χ1n) is 5.46. The molecule has 0 aliphatic carbocycles. The molecule has 3 nitrogen and oxygen atoms in total. The van der Waals surface area contributed by atoms with Gasteiger partial charge in [0.05, 0.1) is 0 Å². The Balaban J connectivity index is 0. The zero-order valence-corrected chi connectivity index (χ0v) is 12.8. The summed E-state index contributed by atoms with van der Waals surface area (Å²) in [6, 6.07) is 0. The topological polar surface area (TPSA) is 54.4 Å². The molecule has 0 aliphatic heterocycles. The van der Waals surface area contributed by atoms with E-state index >= 15 is 0 Å². The fourth-order valence-electron chi connectivity index (χ4n) is 0.327. The van der Waals surface area contributed by atoms with Gasteiger partial charge in [0.25, 0.3) is 0 Å². The molecule has 0 bridgehead atoms. The Morgan fingerprint density at radius 1 is 1.27 bits per heavy atom. The Bertz CT molecular complexity index is 245. The van der Waals surface area contributed by atoms with Crippen molar-refractivity contribution in [2.45, 2.75) is 50.4 Å². The Morgan fingerprint density at radius 2 is 1.60 bits per heavy atom. The predicted molar refractivity (Wildman–Crippen MR) is 70.2 cm³/mol. The maximum absolute atomic E-state index is 9.95. The molecule has 1 N–H and O–H groups in total. The summed E-state index contributed by atoms with van der Waals surface area (Å²) in [5.41, 5.74) is 0. The van der Waals surface area contributed by atoms with E-state index in [9.17, 15) is 8.42 Å². The first kappa shape index (κ1) is 18.1. The Morgan fingerprint density at radius 3 is 1.67 bits per heavy atom. The minimum atomic E-state index is -3.69. The van der Waals surface area contributed by atoms with Crippen LogP contribution in [0.15, 0.2) is 0 Å². The van der Waals surface area contributed by atoms with Crippen LogP contribution in [0.4, 0.5) is 0 Å². The molecule has 15 heavy (non-hydrogen) atoms. The molecule has 0 rings (SSSR count). The molecule has 0 aromatic heterocycles. The van der Waals surface area contributed by atoms with Crippen LogP contribution in [-0.4, -0.2) is 45.2 Å². The van der Waals surface area contributed by atoms with E-state index in [1.165, 1.54) is 0 Å². The third-order valence-electron chi connectivity index (χ3n) is 2.49. The third kappa shape index (κ3) is 17.3. The Labute approximate surface area is 106 Å². The molecule has 0 aromatic carbocycles. The second kappa shape index (κ2) is 7.91. The van der Waals surface area contributed by atoms with Gasteiger partial charge >= 0.3 is 58.1 Å². The van der Waals surface area contributed by atoms with E-state index in [0.717, 1.165) is 5.09 Å². The van der Waals surface area contributed by atoms with Crippen LogP contribution >= 0.6 is 0 Å². The van der Waals surface area contributed by atoms with Gasteiger partial charge in [-0.1, -0.05) is 33.9 Å². The Hall–Kier alpha value is 0.724. The van der Waals surface area contributed by atoms with Crippen molar-refractivity contribution < 1.29 is 13.0 Å². The molecule has 0 radical (unpaired) electrons. The molecule has 0 amide bonds. The monoisotopic (exact) mass is 246 g/mol. The molecule has 88 valence electrons. The number of hydrogen-bond acceptors (Lipinski definition) is 2. The van der Waals surface area contributed by atoms with Gasteiger partial charge in [-0.2, -0.15) is 0 Å². The van der Waals surface area contributed by atoms with E-state index in [1.807, 2.05) is 17.7 Å². The average Bonchev–Trinajstić information content (AvgIpc) is 1.98. The molecule has 0 aliphatic rings. The molecule has 0 unspecified atom stereocenters. The maximum atomic E-state index is 9.95. The number of hydrogen-bond donors (Lipinski definition) is 1. The van der Waals surface area contributed by atoms with Crippen molar-refractivity contribution in [1.29, 1.82) is 0 Å². The third-order valence-corrected chi connectivity index (χ3v) is 6.76. The van der Waals surface area contributed by atoms with Crippen molar-refractivity contribution >= 4 is 36.6 Å². The van der Waals surface area contributed by atoms with Crippen LogP contribution in [0, 0.1) is 0 Å². The van der Waals surface area contributed by atoms with Gasteiger partial charge in [-0.25, -0.2) is 0 Å². The van der Waals surface area contributed by atoms with Crippen LogP contribution in [0.2, 0.25) is 23.2 Å². The minimum absolute atomic E-state index is 0.108. The molecular formula is C9H23LiO3SSi. The Kier molecular flexibility index (Phi) is 9.54. The molecule has 0 spiro atoms. The summed E-state index contributed by atoms with van der Waals surface area (Å²) in [5, 5.41) is 1.43. The summed E-state index contributed by atoms with van der Waals surface area (Å²) < 4.78 is 28.0. The van der Waals surface area contributed by atoms with Crippen molar-refractivity contribution in [2.24, 2.45) is 0 Å². The molecule has 0 saturated heterocycles. The second-order valence-electron chi connectivity index (χ2n) is 5.16. The van der Waals surface area contributed by atoms with Crippen molar-refractivity contribution in [3.8, 4) is 0 Å². The first-order valence-corrected chi connectivity index (χ1v) is 9.95. The van der Waals surface area contributed by atoms with E-state index in [-0.39, 0.29) is 14.5 Å². The standard InChI is InChI=1S/C6H16Si.C3H7O3S.Li/c1-6(2,3)7(4)5;1-2-3-7(4,5)6;/h7H,1-5H3;1-3H2,(H,4,5,6);. The molecule has 0 fully saturated rings. The van der Waals surface area contributed by atoms with Crippen LogP contribution in [0.5, 0.6) is 0 Å². The second-order valence-corrected chi connectivity index (χ2v) is 10.8. The fourth-order valence-corrected chi connectivity index (χ4v) is 0.980. The molecule has 0 atom stereocenters. The van der Waals surface area contributed by atoms with Crippen LogP contribution in [0.25, 0.3) is 0 Å². The number of rotatable bonds is 3. The van der Waals surface area contributed by atoms with Gasteiger partial charge in [0.15, 0.2) is 0 Å². The predicted octanol–water partition coefficient (Wildman–Crippen LogP) is 2.12. The molecular weight excluding hydrogens is 223 g/mol. The average molecular weight is 246 g/mol. The first-order chi connectivity index (χ1) is 6.50. The fraction of sp³-hybridized carbons (Fsp3) is 1.00. The van der Waals surface area contributed by atoms with Crippen LogP contribution in [-0.2, 0) is 10.1 Å². The van der Waals surface area contributed by atoms with Gasteiger partial charge in [0.1, 0.15) is 0 Å². The van der Waals surface area contributed by atoms with Gasteiger partial charge in [-0.05, 0) is 5.04 Å². The normalized spacial score (nSPS) is 12.3. The summed E-state index contributed by atoms with van der Waals surface area (Å²) >= 11 is 1.87. The molecule has 0 saturated carbocycles. The summed E-state index contributed by atoms with van der Waals surface area (Å²) in [6.07, 6.45) is 0.541. The summed E-state index contributed by atoms with van der Waals surface area (Å²) in [5.74, 6) is -0.108. The molecule has 0 heterocycles. The molecule has 6 heteroatoms. The SMILES string of the molecule is C[SiH](C)C(C)(C)C.[Li][CH2]CCS(=O)(=O)O. The van der Waals surface area contributed by atoms with Gasteiger partial charge in [0.2, 0.25) is 0 Å². The van der Waals surface area contributed by atoms with Gasteiger partial charge in [0, 0.05) is 8.80 Å². The van der Waals surface area contributed by atoms with Crippen LogP contribution < -0.4 is 0 Å². The van der Waals surface area contributed by atoms with E-state index in [1.54, 1.807) is 0 Å². The van der Waals surface area contributed by atoms with Crippen LogP contribution in [0.1, 0.15) is 27.2 Å². The zero-order chi connectivity index (χ0) is 12.7. The van der Waals surface area contributed by atoms with E-state index in [0.29, 0.717) is 11.5 Å². The zero-order valence-electron chi connectivity index (χ0n) is 10.9. The van der Waals surface area contributed by atoms with E-state index < -0.39 is 10.1 Å². The van der Waals surface area contributed by atoms with Gasteiger partial charge < -0.3 is 0 Å². The van der Waals surface area contributed by atoms with Gasteiger partial charge in [-0.3, -0.25) is 0 Å². The van der Waals surface area contributed by atoms with Crippen molar-refractivity contribution in [1.82, 2.24) is 0 Å². The summed E-state index contributed by atoms with van der Waals surface area (Å²) in [4.78, 5) is 0. The van der Waals surface area contributed by atoms with Crippen molar-refractivity contribution in [3.63, 3.8) is 0 Å². The quantitative estimate of drug-likeness (QED) is 0.613. The summed E-state index contributed by atoms with van der Waals surface area (Å²) in [6.45, 7) is 11.7. The summed E-state index contributed by atoms with van der Waals surface area (Å²) in [7, 11) is -4.05.